The number of carbonyl (C=O) groups excluding carboxylic acids is 2. The van der Waals surface area contributed by atoms with E-state index in [0.717, 1.165) is 22.0 Å². The molecule has 1 atom stereocenters. The molecule has 0 radical (unpaired) electrons. The Bertz CT molecular complexity index is 998. The standard InChI is InChI=1S/C20H21ClN4O2S2/c1-12-7-8-13(21)10-15(12)25(19(27)14-11-29-24-23-14)17(16-6-5-9-28-16)18(26)22-20(2,3)4/h5-11,17H,1-4H3,(H,22,26)/t17-/m1/s1. The fourth-order valence-corrected chi connectivity index (χ4v) is 4.26. The Hall–Kier alpha value is -2.29. The molecule has 0 saturated heterocycles. The highest BCUT2D eigenvalue weighted by atomic mass is 35.5. The first kappa shape index (κ1) is 21.4. The number of aromatic nitrogens is 2. The van der Waals surface area contributed by atoms with Crippen molar-refractivity contribution in [2.24, 2.45) is 0 Å². The van der Waals surface area contributed by atoms with E-state index in [-0.39, 0.29) is 11.6 Å². The molecule has 0 aliphatic heterocycles. The second-order valence-electron chi connectivity index (χ2n) is 7.55. The first-order valence-electron chi connectivity index (χ1n) is 8.89. The zero-order chi connectivity index (χ0) is 21.2. The Morgan fingerprint density at radius 2 is 2.00 bits per heavy atom. The molecule has 3 aromatic rings. The van der Waals surface area contributed by atoms with Crippen molar-refractivity contribution in [3.8, 4) is 0 Å². The molecule has 9 heteroatoms. The summed E-state index contributed by atoms with van der Waals surface area (Å²) >= 11 is 8.74. The van der Waals surface area contributed by atoms with Crippen LogP contribution in [0.2, 0.25) is 5.02 Å². The number of nitrogens with zero attached hydrogens (tertiary/aromatic N) is 3. The molecule has 1 aromatic carbocycles. The quantitative estimate of drug-likeness (QED) is 0.604. The fourth-order valence-electron chi connectivity index (χ4n) is 2.85. The highest BCUT2D eigenvalue weighted by Crippen LogP contribution is 2.35. The first-order chi connectivity index (χ1) is 13.7. The molecule has 152 valence electrons. The highest BCUT2D eigenvalue weighted by molar-refractivity contribution is 7.10. The van der Waals surface area contributed by atoms with E-state index in [1.165, 1.54) is 16.2 Å². The Labute approximate surface area is 182 Å². The molecule has 0 fully saturated rings. The van der Waals surface area contributed by atoms with Crippen LogP contribution >= 0.6 is 34.5 Å². The van der Waals surface area contributed by atoms with Crippen LogP contribution in [0.25, 0.3) is 0 Å². The third kappa shape index (κ3) is 5.01. The lowest BCUT2D eigenvalue weighted by Crippen LogP contribution is -2.49. The molecule has 1 N–H and O–H groups in total. The third-order valence-electron chi connectivity index (χ3n) is 4.05. The van der Waals surface area contributed by atoms with Crippen molar-refractivity contribution >= 4 is 52.0 Å². The number of aryl methyl sites for hydroxylation is 1. The summed E-state index contributed by atoms with van der Waals surface area (Å²) in [5.41, 5.74) is 1.08. The lowest BCUT2D eigenvalue weighted by atomic mass is 10.0. The SMILES string of the molecule is Cc1ccc(Cl)cc1N(C(=O)c1csnn1)[C@@H](C(=O)NC(C)(C)C)c1cccs1. The van der Waals surface area contributed by atoms with Crippen LogP contribution in [0.15, 0.2) is 41.1 Å². The van der Waals surface area contributed by atoms with E-state index < -0.39 is 17.5 Å². The molecule has 0 aliphatic carbocycles. The summed E-state index contributed by atoms with van der Waals surface area (Å²) < 4.78 is 3.81. The van der Waals surface area contributed by atoms with Gasteiger partial charge in [-0.15, -0.1) is 16.4 Å². The van der Waals surface area contributed by atoms with E-state index in [1.54, 1.807) is 17.5 Å². The molecular formula is C20H21ClN4O2S2. The summed E-state index contributed by atoms with van der Waals surface area (Å²) in [5.74, 6) is -0.692. The van der Waals surface area contributed by atoms with Gasteiger partial charge in [0.15, 0.2) is 11.7 Å². The fraction of sp³-hybridized carbons (Fsp3) is 0.300. The molecule has 29 heavy (non-hydrogen) atoms. The topological polar surface area (TPSA) is 75.2 Å². The van der Waals surface area contributed by atoms with Crippen LogP contribution in [-0.2, 0) is 4.79 Å². The van der Waals surface area contributed by atoms with Crippen LogP contribution in [0.3, 0.4) is 0 Å². The van der Waals surface area contributed by atoms with Gasteiger partial charge in [0.05, 0.1) is 0 Å². The number of anilines is 1. The predicted molar refractivity (Wildman–Crippen MR) is 118 cm³/mol. The summed E-state index contributed by atoms with van der Waals surface area (Å²) in [6.45, 7) is 7.57. The molecular weight excluding hydrogens is 428 g/mol. The van der Waals surface area contributed by atoms with Gasteiger partial charge in [-0.2, -0.15) is 0 Å². The van der Waals surface area contributed by atoms with Gasteiger partial charge in [-0.3, -0.25) is 14.5 Å². The van der Waals surface area contributed by atoms with Gasteiger partial charge in [0.1, 0.15) is 0 Å². The zero-order valence-electron chi connectivity index (χ0n) is 16.5. The number of hydrogen-bond donors (Lipinski definition) is 1. The number of rotatable bonds is 5. The van der Waals surface area contributed by atoms with E-state index in [4.69, 9.17) is 11.6 Å². The van der Waals surface area contributed by atoms with Crippen LogP contribution in [0, 0.1) is 6.92 Å². The van der Waals surface area contributed by atoms with Crippen molar-refractivity contribution < 1.29 is 9.59 Å². The Balaban J connectivity index is 2.19. The summed E-state index contributed by atoms with van der Waals surface area (Å²) in [7, 11) is 0. The molecule has 0 spiro atoms. The largest absolute Gasteiger partial charge is 0.349 e. The van der Waals surface area contributed by atoms with Gasteiger partial charge in [0, 0.05) is 26.5 Å². The van der Waals surface area contributed by atoms with Gasteiger partial charge in [-0.25, -0.2) is 0 Å². The lowest BCUT2D eigenvalue weighted by Gasteiger charge is -2.33. The molecule has 6 nitrogen and oxygen atoms in total. The van der Waals surface area contributed by atoms with Crippen LogP contribution in [0.4, 0.5) is 5.69 Å². The van der Waals surface area contributed by atoms with Gasteiger partial charge < -0.3 is 5.32 Å². The molecule has 2 amide bonds. The number of nitrogens with one attached hydrogen (secondary N) is 1. The monoisotopic (exact) mass is 448 g/mol. The number of thiophene rings is 1. The molecule has 3 rings (SSSR count). The zero-order valence-corrected chi connectivity index (χ0v) is 18.9. The molecule has 0 unspecified atom stereocenters. The minimum atomic E-state index is -0.874. The van der Waals surface area contributed by atoms with Gasteiger partial charge in [-0.05, 0) is 68.4 Å². The maximum absolute atomic E-state index is 13.5. The summed E-state index contributed by atoms with van der Waals surface area (Å²) in [4.78, 5) is 29.1. The predicted octanol–water partition coefficient (Wildman–Crippen LogP) is 4.86. The van der Waals surface area contributed by atoms with E-state index in [2.05, 4.69) is 14.9 Å². The Morgan fingerprint density at radius 1 is 1.24 bits per heavy atom. The smallest absolute Gasteiger partial charge is 0.280 e. The number of halogens is 1. The number of carbonyl (C=O) groups is 2. The van der Waals surface area contributed by atoms with E-state index in [9.17, 15) is 9.59 Å². The average Bonchev–Trinajstić information content (AvgIpc) is 3.33. The van der Waals surface area contributed by atoms with E-state index in [1.807, 2.05) is 51.3 Å². The van der Waals surface area contributed by atoms with Gasteiger partial charge in [-0.1, -0.05) is 28.2 Å². The molecule has 0 bridgehead atoms. The van der Waals surface area contributed by atoms with Crippen molar-refractivity contribution in [2.75, 3.05) is 4.90 Å². The van der Waals surface area contributed by atoms with Gasteiger partial charge in [0.2, 0.25) is 5.91 Å². The van der Waals surface area contributed by atoms with Gasteiger partial charge in [0.25, 0.3) is 5.91 Å². The van der Waals surface area contributed by atoms with Crippen molar-refractivity contribution in [3.05, 3.63) is 62.2 Å². The van der Waals surface area contributed by atoms with Crippen molar-refractivity contribution in [3.63, 3.8) is 0 Å². The van der Waals surface area contributed by atoms with Crippen molar-refractivity contribution in [1.29, 1.82) is 0 Å². The number of benzene rings is 1. The van der Waals surface area contributed by atoms with Crippen LogP contribution in [-0.4, -0.2) is 26.9 Å². The molecule has 0 aliphatic rings. The number of amides is 2. The van der Waals surface area contributed by atoms with Crippen LogP contribution in [0.5, 0.6) is 0 Å². The average molecular weight is 449 g/mol. The van der Waals surface area contributed by atoms with Crippen LogP contribution in [0.1, 0.15) is 47.7 Å². The second kappa shape index (κ2) is 8.61. The lowest BCUT2D eigenvalue weighted by molar-refractivity contribution is -0.123. The van der Waals surface area contributed by atoms with Crippen molar-refractivity contribution in [2.45, 2.75) is 39.3 Å². The maximum Gasteiger partial charge on any atom is 0.280 e. The highest BCUT2D eigenvalue weighted by Gasteiger charge is 2.37. The maximum atomic E-state index is 13.5. The Morgan fingerprint density at radius 3 is 2.59 bits per heavy atom. The molecule has 0 saturated carbocycles. The molecule has 2 aromatic heterocycles. The summed E-state index contributed by atoms with van der Waals surface area (Å²) in [5, 5.41) is 10.9. The van der Waals surface area contributed by atoms with E-state index >= 15 is 0 Å². The van der Waals surface area contributed by atoms with E-state index in [0.29, 0.717) is 10.7 Å². The first-order valence-corrected chi connectivity index (χ1v) is 11.0. The number of hydrogen-bond acceptors (Lipinski definition) is 6. The minimum Gasteiger partial charge on any atom is -0.349 e. The van der Waals surface area contributed by atoms with Crippen LogP contribution < -0.4 is 10.2 Å². The summed E-state index contributed by atoms with van der Waals surface area (Å²) in [6.07, 6.45) is 0. The van der Waals surface area contributed by atoms with Gasteiger partial charge >= 0.3 is 0 Å². The van der Waals surface area contributed by atoms with Crippen molar-refractivity contribution in [1.82, 2.24) is 14.9 Å². The third-order valence-corrected chi connectivity index (χ3v) is 5.71. The Kier molecular flexibility index (Phi) is 6.36. The normalized spacial score (nSPS) is 12.4. The summed E-state index contributed by atoms with van der Waals surface area (Å²) in [6, 6.07) is 8.10. The molecule has 2 heterocycles. The minimum absolute atomic E-state index is 0.180. The second-order valence-corrected chi connectivity index (χ2v) is 9.58.